The molecule has 3 rings (SSSR count). The molecular weight excluding hydrogens is 398 g/mol. The van der Waals surface area contributed by atoms with Crippen LogP contribution in [-0.4, -0.2) is 28.7 Å². The van der Waals surface area contributed by atoms with Gasteiger partial charge in [-0.25, -0.2) is 4.79 Å². The van der Waals surface area contributed by atoms with Gasteiger partial charge in [0.05, 0.1) is 12.8 Å². The normalized spacial score (nSPS) is 11.6. The van der Waals surface area contributed by atoms with E-state index < -0.39 is 17.2 Å². The average Bonchev–Trinajstić information content (AvgIpc) is 3.37. The molecule has 1 atom stereocenters. The zero-order chi connectivity index (χ0) is 19.8. The number of thioether (sulfide) groups is 1. The number of benzene rings is 1. The van der Waals surface area contributed by atoms with E-state index in [1.54, 1.807) is 13.2 Å². The van der Waals surface area contributed by atoms with Gasteiger partial charge < -0.3 is 15.1 Å². The van der Waals surface area contributed by atoms with E-state index in [1.807, 2.05) is 42.5 Å². The molecule has 3 amide bonds. The Bertz CT molecular complexity index is 899. The lowest BCUT2D eigenvalue weighted by atomic mass is 10.1. The lowest BCUT2D eigenvalue weighted by Crippen LogP contribution is -2.41. The summed E-state index contributed by atoms with van der Waals surface area (Å²) in [7, 11) is 0. The van der Waals surface area contributed by atoms with Crippen LogP contribution in [0.4, 0.5) is 9.93 Å². The number of rotatable bonds is 8. The van der Waals surface area contributed by atoms with Gasteiger partial charge in [0.2, 0.25) is 11.0 Å². The summed E-state index contributed by atoms with van der Waals surface area (Å²) in [6.45, 7) is 2.71. The smallest absolute Gasteiger partial charge is 0.321 e. The molecule has 0 aliphatic carbocycles. The number of nitrogens with zero attached hydrogens (tertiary/aromatic N) is 2. The Morgan fingerprint density at radius 3 is 2.71 bits per heavy atom. The van der Waals surface area contributed by atoms with Gasteiger partial charge in [0.25, 0.3) is 0 Å². The number of furan rings is 1. The van der Waals surface area contributed by atoms with Gasteiger partial charge in [0.15, 0.2) is 4.34 Å². The molecule has 3 aromatic rings. The predicted molar refractivity (Wildman–Crippen MR) is 108 cm³/mol. The Morgan fingerprint density at radius 2 is 2.00 bits per heavy atom. The lowest BCUT2D eigenvalue weighted by Gasteiger charge is -2.15. The summed E-state index contributed by atoms with van der Waals surface area (Å²) in [5.41, 5.74) is 0.773. The molecule has 146 valence electrons. The third kappa shape index (κ3) is 5.57. The van der Waals surface area contributed by atoms with E-state index >= 15 is 0 Å². The number of carbonyl (C=O) groups excluding carboxylic acids is 2. The highest BCUT2D eigenvalue weighted by molar-refractivity contribution is 8.01. The highest BCUT2D eigenvalue weighted by Crippen LogP contribution is 2.38. The standard InChI is InChI=1S/C18H19N5O3S2/c1-2-19-16(25)21-15(24)14(12-7-4-3-5-8-12)27-18-23-22-17(28-18)20-11-13-9-6-10-26-13/h3-10,14H,2,11H2,1H3,(H,20,22)(H2,19,21,24,25)/t14-/m0/s1. The van der Waals surface area contributed by atoms with Crippen LogP contribution in [0.3, 0.4) is 0 Å². The van der Waals surface area contributed by atoms with Crippen LogP contribution in [0.25, 0.3) is 0 Å². The summed E-state index contributed by atoms with van der Waals surface area (Å²) in [6.07, 6.45) is 1.61. The number of hydrogen-bond acceptors (Lipinski definition) is 8. The molecule has 0 radical (unpaired) electrons. The Labute approximate surface area is 170 Å². The van der Waals surface area contributed by atoms with E-state index in [0.29, 0.717) is 22.6 Å². The van der Waals surface area contributed by atoms with Crippen LogP contribution in [0.5, 0.6) is 0 Å². The minimum absolute atomic E-state index is 0.414. The molecule has 0 saturated carbocycles. The van der Waals surface area contributed by atoms with Gasteiger partial charge in [-0.2, -0.15) is 0 Å². The molecule has 0 fully saturated rings. The fourth-order valence-corrected chi connectivity index (χ4v) is 4.23. The van der Waals surface area contributed by atoms with Crippen molar-refractivity contribution in [2.75, 3.05) is 11.9 Å². The van der Waals surface area contributed by atoms with Crippen LogP contribution < -0.4 is 16.0 Å². The Balaban J connectivity index is 1.69. The van der Waals surface area contributed by atoms with E-state index in [4.69, 9.17) is 4.42 Å². The summed E-state index contributed by atoms with van der Waals surface area (Å²) in [4.78, 5) is 24.4. The summed E-state index contributed by atoms with van der Waals surface area (Å²) >= 11 is 2.58. The fraction of sp³-hybridized carbons (Fsp3) is 0.222. The Hall–Kier alpha value is -2.85. The van der Waals surface area contributed by atoms with Crippen molar-refractivity contribution in [3.63, 3.8) is 0 Å². The van der Waals surface area contributed by atoms with Crippen molar-refractivity contribution in [3.8, 4) is 0 Å². The van der Waals surface area contributed by atoms with Crippen molar-refractivity contribution in [2.45, 2.75) is 23.1 Å². The van der Waals surface area contributed by atoms with Gasteiger partial charge in [-0.15, -0.1) is 10.2 Å². The van der Waals surface area contributed by atoms with E-state index in [9.17, 15) is 9.59 Å². The van der Waals surface area contributed by atoms with Crippen LogP contribution in [0.2, 0.25) is 0 Å². The molecule has 1 aromatic carbocycles. The molecule has 2 heterocycles. The van der Waals surface area contributed by atoms with Crippen LogP contribution >= 0.6 is 23.1 Å². The monoisotopic (exact) mass is 417 g/mol. The van der Waals surface area contributed by atoms with Crippen molar-refractivity contribution in [3.05, 3.63) is 60.1 Å². The maximum atomic E-state index is 12.7. The first-order chi connectivity index (χ1) is 13.7. The van der Waals surface area contributed by atoms with Gasteiger partial charge in [0.1, 0.15) is 11.0 Å². The average molecular weight is 418 g/mol. The van der Waals surface area contributed by atoms with Crippen LogP contribution in [0.1, 0.15) is 23.5 Å². The molecule has 3 N–H and O–H groups in total. The van der Waals surface area contributed by atoms with E-state index in [-0.39, 0.29) is 0 Å². The number of urea groups is 1. The second-order valence-corrected chi connectivity index (χ2v) is 7.89. The van der Waals surface area contributed by atoms with Crippen molar-refractivity contribution < 1.29 is 14.0 Å². The summed E-state index contributed by atoms with van der Waals surface area (Å²) in [6, 6.07) is 12.4. The van der Waals surface area contributed by atoms with Crippen LogP contribution in [0.15, 0.2) is 57.5 Å². The minimum atomic E-state index is -0.630. The summed E-state index contributed by atoms with van der Waals surface area (Å²) in [5, 5.41) is 16.3. The zero-order valence-electron chi connectivity index (χ0n) is 15.0. The first-order valence-corrected chi connectivity index (χ1v) is 10.3. The molecule has 28 heavy (non-hydrogen) atoms. The number of nitrogens with one attached hydrogen (secondary N) is 3. The number of amides is 3. The first kappa shape index (κ1) is 19.9. The second kappa shape index (κ2) is 9.90. The SMILES string of the molecule is CCNC(=O)NC(=O)[C@@H](Sc1nnc(NCc2ccco2)s1)c1ccccc1. The third-order valence-corrected chi connectivity index (χ3v) is 5.75. The quantitative estimate of drug-likeness (QED) is 0.482. The van der Waals surface area contributed by atoms with Gasteiger partial charge in [-0.05, 0) is 24.6 Å². The van der Waals surface area contributed by atoms with Crippen molar-refractivity contribution in [1.82, 2.24) is 20.8 Å². The lowest BCUT2D eigenvalue weighted by molar-refractivity contribution is -0.119. The topological polar surface area (TPSA) is 109 Å². The molecule has 2 aromatic heterocycles. The molecule has 0 aliphatic heterocycles. The number of carbonyl (C=O) groups is 2. The third-order valence-electron chi connectivity index (χ3n) is 3.53. The van der Waals surface area contributed by atoms with E-state index in [2.05, 4.69) is 26.1 Å². The predicted octanol–water partition coefficient (Wildman–Crippen LogP) is 3.42. The highest BCUT2D eigenvalue weighted by Gasteiger charge is 2.25. The maximum absolute atomic E-state index is 12.7. The molecule has 0 saturated heterocycles. The van der Waals surface area contributed by atoms with E-state index in [0.717, 1.165) is 11.3 Å². The van der Waals surface area contributed by atoms with Gasteiger partial charge in [-0.1, -0.05) is 53.4 Å². The number of hydrogen-bond donors (Lipinski definition) is 3. The Morgan fingerprint density at radius 1 is 1.18 bits per heavy atom. The number of anilines is 1. The van der Waals surface area contributed by atoms with Crippen LogP contribution in [-0.2, 0) is 11.3 Å². The molecule has 0 aliphatic rings. The van der Waals surface area contributed by atoms with Crippen molar-refractivity contribution >= 4 is 40.2 Å². The maximum Gasteiger partial charge on any atom is 0.321 e. The summed E-state index contributed by atoms with van der Waals surface area (Å²) in [5.74, 6) is 0.371. The molecule has 8 nitrogen and oxygen atoms in total. The van der Waals surface area contributed by atoms with E-state index in [1.165, 1.54) is 23.1 Å². The molecule has 10 heteroatoms. The fourth-order valence-electron chi connectivity index (χ4n) is 2.29. The number of aromatic nitrogens is 2. The Kier molecular flexibility index (Phi) is 7.04. The summed E-state index contributed by atoms with van der Waals surface area (Å²) < 4.78 is 5.88. The van der Waals surface area contributed by atoms with Gasteiger partial charge in [0, 0.05) is 6.54 Å². The molecule has 0 spiro atoms. The zero-order valence-corrected chi connectivity index (χ0v) is 16.7. The molecule has 0 unspecified atom stereocenters. The van der Waals surface area contributed by atoms with Crippen LogP contribution in [0, 0.1) is 0 Å². The second-order valence-electron chi connectivity index (χ2n) is 5.56. The molecule has 0 bridgehead atoms. The minimum Gasteiger partial charge on any atom is -0.467 e. The van der Waals surface area contributed by atoms with Crippen molar-refractivity contribution in [2.24, 2.45) is 0 Å². The van der Waals surface area contributed by atoms with Crippen molar-refractivity contribution in [1.29, 1.82) is 0 Å². The highest BCUT2D eigenvalue weighted by atomic mass is 32.2. The number of imide groups is 1. The van der Waals surface area contributed by atoms with Gasteiger partial charge in [-0.3, -0.25) is 10.1 Å². The van der Waals surface area contributed by atoms with Gasteiger partial charge >= 0.3 is 6.03 Å². The molecular formula is C18H19N5O3S2. The first-order valence-electron chi connectivity index (χ1n) is 8.55. The largest absolute Gasteiger partial charge is 0.467 e.